The minimum absolute atomic E-state index is 0.368. The summed E-state index contributed by atoms with van der Waals surface area (Å²) in [5, 5.41) is 15.6. The number of hydrogen-bond donors (Lipinski definition) is 3. The number of phenolic OH excluding ortho intramolecular Hbond substituents is 1. The molecule has 3 aliphatic rings. The van der Waals surface area contributed by atoms with Gasteiger partial charge >= 0.3 is 0 Å². The first kappa shape index (κ1) is 26.5. The van der Waals surface area contributed by atoms with E-state index in [-0.39, 0.29) is 0 Å². The van der Waals surface area contributed by atoms with E-state index in [1.54, 1.807) is 12.3 Å². The molecule has 0 spiro atoms. The van der Waals surface area contributed by atoms with Crippen molar-refractivity contribution in [2.75, 3.05) is 13.1 Å². The Morgan fingerprint density at radius 3 is 2.25 bits per heavy atom. The predicted octanol–water partition coefficient (Wildman–Crippen LogP) is 6.56. The first-order valence-electron chi connectivity index (χ1n) is 11.7. The van der Waals surface area contributed by atoms with Crippen LogP contribution in [0, 0.1) is 5.92 Å². The van der Waals surface area contributed by atoms with Crippen LogP contribution >= 0.6 is 0 Å². The summed E-state index contributed by atoms with van der Waals surface area (Å²) in [6, 6.07) is 5.59. The zero-order valence-electron chi connectivity index (χ0n) is 19.0. The van der Waals surface area contributed by atoms with E-state index in [0.717, 1.165) is 32.0 Å². The molecule has 0 bridgehead atoms. The Morgan fingerprint density at radius 1 is 1.04 bits per heavy atom. The molecule has 28 heavy (non-hydrogen) atoms. The van der Waals surface area contributed by atoms with Gasteiger partial charge in [-0.05, 0) is 54.8 Å². The third-order valence-corrected chi connectivity index (χ3v) is 4.75. The van der Waals surface area contributed by atoms with Gasteiger partial charge in [0, 0.05) is 13.1 Å². The standard InChI is InChI=1S/C9H11NO.C9H17N.C3H6.2C2H6/c11-9-2-1-7-3-4-10-6-8(7)5-9;1-2-10-8-7-9-5-3-4-6-9;1-2-3-1;2*1-2/h1-2,5,10-11H,3-4,6H2;2,9-10H,1,3-8H2;1-3H2;2*1-2H3. The van der Waals surface area contributed by atoms with Gasteiger partial charge in [0.2, 0.25) is 0 Å². The number of rotatable bonds is 4. The minimum Gasteiger partial charge on any atom is -0.508 e. The Balaban J connectivity index is 0.000000394. The van der Waals surface area contributed by atoms with Gasteiger partial charge in [-0.15, -0.1) is 0 Å². The summed E-state index contributed by atoms with van der Waals surface area (Å²) in [7, 11) is 0. The maximum atomic E-state index is 9.16. The van der Waals surface area contributed by atoms with E-state index in [0.29, 0.717) is 5.75 Å². The molecule has 2 aliphatic carbocycles. The molecule has 0 aromatic heterocycles. The van der Waals surface area contributed by atoms with Gasteiger partial charge in [-0.3, -0.25) is 0 Å². The van der Waals surface area contributed by atoms with Crippen molar-refractivity contribution in [1.82, 2.24) is 10.6 Å². The second kappa shape index (κ2) is 18.9. The summed E-state index contributed by atoms with van der Waals surface area (Å²) in [5.41, 5.74) is 2.60. The first-order chi connectivity index (χ1) is 13.8. The Hall–Kier alpha value is -1.48. The Morgan fingerprint density at radius 2 is 1.68 bits per heavy atom. The van der Waals surface area contributed by atoms with Crippen molar-refractivity contribution in [1.29, 1.82) is 0 Å². The summed E-state index contributed by atoms with van der Waals surface area (Å²) in [4.78, 5) is 0. The van der Waals surface area contributed by atoms with Crippen LogP contribution in [0.3, 0.4) is 0 Å². The van der Waals surface area contributed by atoms with Gasteiger partial charge in [-0.25, -0.2) is 0 Å². The molecule has 1 heterocycles. The molecule has 4 rings (SSSR count). The van der Waals surface area contributed by atoms with E-state index in [1.165, 1.54) is 62.5 Å². The molecule has 0 atom stereocenters. The molecule has 2 saturated carbocycles. The fourth-order valence-electron chi connectivity index (χ4n) is 3.16. The van der Waals surface area contributed by atoms with Gasteiger partial charge < -0.3 is 15.7 Å². The van der Waals surface area contributed by atoms with Crippen molar-refractivity contribution in [2.24, 2.45) is 5.92 Å². The summed E-state index contributed by atoms with van der Waals surface area (Å²) in [5.74, 6) is 1.37. The predicted molar refractivity (Wildman–Crippen MR) is 125 cm³/mol. The van der Waals surface area contributed by atoms with E-state index in [9.17, 15) is 0 Å². The van der Waals surface area contributed by atoms with E-state index in [4.69, 9.17) is 5.11 Å². The minimum atomic E-state index is 0.368. The van der Waals surface area contributed by atoms with Gasteiger partial charge in [-0.1, -0.05) is 85.3 Å². The number of phenols is 1. The highest BCUT2D eigenvalue weighted by Gasteiger charge is 2.13. The highest BCUT2D eigenvalue weighted by molar-refractivity contribution is 5.36. The number of benzene rings is 1. The lowest BCUT2D eigenvalue weighted by Gasteiger charge is -2.16. The average molecular weight is 391 g/mol. The quantitative estimate of drug-likeness (QED) is 0.510. The van der Waals surface area contributed by atoms with Gasteiger partial charge in [0.15, 0.2) is 0 Å². The SMILES string of the molecule is C1CC1.C=CNCCC1CCCC1.CC.CC.Oc1ccc2c(c1)CNCC2. The van der Waals surface area contributed by atoms with E-state index >= 15 is 0 Å². The normalized spacial score (nSPS) is 16.1. The molecule has 1 aliphatic heterocycles. The number of aromatic hydroxyl groups is 1. The van der Waals surface area contributed by atoms with Crippen molar-refractivity contribution in [3.05, 3.63) is 42.1 Å². The molecule has 162 valence electrons. The molecule has 0 unspecified atom stereocenters. The first-order valence-corrected chi connectivity index (χ1v) is 11.7. The van der Waals surface area contributed by atoms with Crippen molar-refractivity contribution in [2.45, 2.75) is 92.0 Å². The Labute approximate surface area is 175 Å². The van der Waals surface area contributed by atoms with Crippen LogP contribution in [0.5, 0.6) is 5.75 Å². The molecule has 1 aromatic rings. The molecule has 1 aromatic carbocycles. The van der Waals surface area contributed by atoms with Crippen molar-refractivity contribution < 1.29 is 5.11 Å². The smallest absolute Gasteiger partial charge is 0.115 e. The van der Waals surface area contributed by atoms with Crippen LogP contribution in [0.25, 0.3) is 0 Å². The lowest BCUT2D eigenvalue weighted by atomic mass is 10.0. The monoisotopic (exact) mass is 390 g/mol. The maximum absolute atomic E-state index is 9.16. The Kier molecular flexibility index (Phi) is 17.9. The summed E-state index contributed by atoms with van der Waals surface area (Å²) >= 11 is 0. The molecule has 0 amide bonds. The number of hydrogen-bond acceptors (Lipinski definition) is 3. The van der Waals surface area contributed by atoms with Crippen LogP contribution in [-0.2, 0) is 13.0 Å². The summed E-state index contributed by atoms with van der Waals surface area (Å²) < 4.78 is 0. The average Bonchev–Trinajstić information content (AvgIpc) is 3.56. The van der Waals surface area contributed by atoms with Crippen LogP contribution < -0.4 is 10.6 Å². The molecular weight excluding hydrogens is 344 g/mol. The lowest BCUT2D eigenvalue weighted by Crippen LogP contribution is -2.23. The number of nitrogens with one attached hydrogen (secondary N) is 2. The molecule has 2 fully saturated rings. The Bertz CT molecular complexity index is 477. The van der Waals surface area contributed by atoms with E-state index in [1.807, 2.05) is 39.8 Å². The molecule has 0 radical (unpaired) electrons. The van der Waals surface area contributed by atoms with E-state index < -0.39 is 0 Å². The van der Waals surface area contributed by atoms with Gasteiger partial charge in [0.05, 0.1) is 0 Å². The topological polar surface area (TPSA) is 44.3 Å². The van der Waals surface area contributed by atoms with Gasteiger partial charge in [-0.2, -0.15) is 0 Å². The summed E-state index contributed by atoms with van der Waals surface area (Å²) in [6.07, 6.45) is 14.5. The zero-order chi connectivity index (χ0) is 21.0. The van der Waals surface area contributed by atoms with E-state index in [2.05, 4.69) is 17.2 Å². The fourth-order valence-corrected chi connectivity index (χ4v) is 3.16. The molecule has 3 N–H and O–H groups in total. The van der Waals surface area contributed by atoms with Crippen LogP contribution in [-0.4, -0.2) is 18.2 Å². The highest BCUT2D eigenvalue weighted by Crippen LogP contribution is 2.26. The highest BCUT2D eigenvalue weighted by atomic mass is 16.3. The second-order valence-electron chi connectivity index (χ2n) is 7.04. The van der Waals surface area contributed by atoms with Crippen molar-refractivity contribution in [3.8, 4) is 5.75 Å². The zero-order valence-corrected chi connectivity index (χ0v) is 19.0. The van der Waals surface area contributed by atoms with Crippen LogP contribution in [0.4, 0.5) is 0 Å². The van der Waals surface area contributed by atoms with Crippen LogP contribution in [0.2, 0.25) is 0 Å². The van der Waals surface area contributed by atoms with Crippen LogP contribution in [0.1, 0.15) is 90.2 Å². The third-order valence-electron chi connectivity index (χ3n) is 4.75. The van der Waals surface area contributed by atoms with Crippen molar-refractivity contribution >= 4 is 0 Å². The summed E-state index contributed by atoms with van der Waals surface area (Å²) in [6.45, 7) is 14.7. The molecule has 0 saturated heterocycles. The van der Waals surface area contributed by atoms with Gasteiger partial charge in [0.25, 0.3) is 0 Å². The second-order valence-corrected chi connectivity index (χ2v) is 7.04. The maximum Gasteiger partial charge on any atom is 0.115 e. The largest absolute Gasteiger partial charge is 0.508 e. The molecular formula is C25H46N2O. The van der Waals surface area contributed by atoms with Crippen molar-refractivity contribution in [3.63, 3.8) is 0 Å². The van der Waals surface area contributed by atoms with Gasteiger partial charge in [0.1, 0.15) is 5.75 Å². The third kappa shape index (κ3) is 13.7. The molecule has 3 nitrogen and oxygen atoms in total. The van der Waals surface area contributed by atoms with Crippen LogP contribution in [0.15, 0.2) is 31.0 Å². The molecule has 3 heteroatoms. The fraction of sp³-hybridized carbons (Fsp3) is 0.680. The lowest BCUT2D eigenvalue weighted by molar-refractivity contribution is 0.472. The number of fused-ring (bicyclic) bond motifs is 1.